The summed E-state index contributed by atoms with van der Waals surface area (Å²) in [6.45, 7) is 3.88. The molecule has 1 aliphatic heterocycles. The van der Waals surface area contributed by atoms with Crippen molar-refractivity contribution in [1.29, 1.82) is 0 Å². The number of piperidine rings is 1. The molecule has 0 aliphatic carbocycles. The highest BCUT2D eigenvalue weighted by molar-refractivity contribution is 5.99. The Morgan fingerprint density at radius 1 is 1.19 bits per heavy atom. The standard InChI is InChI=1S/C17H19N3O/c1-13-7-9-20(10-8-13)17(21)15-11-18-12-19-16(15)14-5-3-2-4-6-14/h2-6,11-13H,7-10H2,1H3. The van der Waals surface area contributed by atoms with Crippen LogP contribution in [0.5, 0.6) is 0 Å². The molecule has 0 atom stereocenters. The molecule has 1 aliphatic rings. The second-order valence-electron chi connectivity index (χ2n) is 5.63. The van der Waals surface area contributed by atoms with E-state index in [0.717, 1.165) is 31.5 Å². The average molecular weight is 281 g/mol. The van der Waals surface area contributed by atoms with Gasteiger partial charge in [0.1, 0.15) is 6.33 Å². The van der Waals surface area contributed by atoms with Crippen LogP contribution < -0.4 is 0 Å². The first-order valence-electron chi connectivity index (χ1n) is 7.40. The number of hydrogen-bond acceptors (Lipinski definition) is 3. The number of benzene rings is 1. The van der Waals surface area contributed by atoms with E-state index in [-0.39, 0.29) is 5.91 Å². The number of nitrogens with zero attached hydrogens (tertiary/aromatic N) is 3. The van der Waals surface area contributed by atoms with E-state index in [9.17, 15) is 4.79 Å². The predicted molar refractivity (Wildman–Crippen MR) is 81.8 cm³/mol. The number of carbonyl (C=O) groups excluding carboxylic acids is 1. The second kappa shape index (κ2) is 6.04. The van der Waals surface area contributed by atoms with E-state index < -0.39 is 0 Å². The Morgan fingerprint density at radius 3 is 2.62 bits per heavy atom. The van der Waals surface area contributed by atoms with Gasteiger partial charge in [0.15, 0.2) is 0 Å². The van der Waals surface area contributed by atoms with Crippen LogP contribution in [0.15, 0.2) is 42.9 Å². The summed E-state index contributed by atoms with van der Waals surface area (Å²) in [6.07, 6.45) is 5.27. The number of carbonyl (C=O) groups is 1. The van der Waals surface area contributed by atoms with Gasteiger partial charge in [0.05, 0.1) is 11.3 Å². The van der Waals surface area contributed by atoms with Crippen LogP contribution in [0.1, 0.15) is 30.1 Å². The van der Waals surface area contributed by atoms with Gasteiger partial charge in [-0.3, -0.25) is 4.79 Å². The molecule has 21 heavy (non-hydrogen) atoms. The van der Waals surface area contributed by atoms with Crippen molar-refractivity contribution >= 4 is 5.91 Å². The Morgan fingerprint density at radius 2 is 1.90 bits per heavy atom. The third kappa shape index (κ3) is 2.94. The van der Waals surface area contributed by atoms with Crippen LogP contribution in [-0.2, 0) is 0 Å². The fourth-order valence-electron chi connectivity index (χ4n) is 2.69. The molecule has 0 unspecified atom stereocenters. The summed E-state index contributed by atoms with van der Waals surface area (Å²) in [5.74, 6) is 0.746. The van der Waals surface area contributed by atoms with E-state index in [1.54, 1.807) is 6.20 Å². The lowest BCUT2D eigenvalue weighted by molar-refractivity contribution is 0.0697. The van der Waals surface area contributed by atoms with Crippen molar-refractivity contribution in [2.24, 2.45) is 5.92 Å². The van der Waals surface area contributed by atoms with Gasteiger partial charge in [-0.1, -0.05) is 37.3 Å². The van der Waals surface area contributed by atoms with Gasteiger partial charge >= 0.3 is 0 Å². The van der Waals surface area contributed by atoms with Crippen LogP contribution in [0.4, 0.5) is 0 Å². The van der Waals surface area contributed by atoms with Gasteiger partial charge in [-0.25, -0.2) is 9.97 Å². The van der Waals surface area contributed by atoms with E-state index in [1.165, 1.54) is 6.33 Å². The molecule has 2 heterocycles. The lowest BCUT2D eigenvalue weighted by Crippen LogP contribution is -2.38. The van der Waals surface area contributed by atoms with Crippen molar-refractivity contribution < 1.29 is 4.79 Å². The zero-order valence-corrected chi connectivity index (χ0v) is 12.2. The number of aromatic nitrogens is 2. The summed E-state index contributed by atoms with van der Waals surface area (Å²) in [4.78, 5) is 23.0. The topological polar surface area (TPSA) is 46.1 Å². The first-order valence-corrected chi connectivity index (χ1v) is 7.40. The Balaban J connectivity index is 1.90. The Bertz CT molecular complexity index is 619. The van der Waals surface area contributed by atoms with Gasteiger partial charge in [0.25, 0.3) is 5.91 Å². The quantitative estimate of drug-likeness (QED) is 0.850. The fraction of sp³-hybridized carbons (Fsp3) is 0.353. The molecule has 4 nitrogen and oxygen atoms in total. The molecule has 0 radical (unpaired) electrons. The zero-order chi connectivity index (χ0) is 14.7. The Hall–Kier alpha value is -2.23. The SMILES string of the molecule is CC1CCN(C(=O)c2cncnc2-c2ccccc2)CC1. The van der Waals surface area contributed by atoms with Crippen molar-refractivity contribution in [1.82, 2.24) is 14.9 Å². The van der Waals surface area contributed by atoms with Crippen molar-refractivity contribution in [3.63, 3.8) is 0 Å². The van der Waals surface area contributed by atoms with Crippen LogP contribution in [0.3, 0.4) is 0 Å². The zero-order valence-electron chi connectivity index (χ0n) is 12.2. The van der Waals surface area contributed by atoms with Crippen molar-refractivity contribution in [3.8, 4) is 11.3 Å². The minimum atomic E-state index is 0.0429. The molecule has 108 valence electrons. The minimum absolute atomic E-state index is 0.0429. The van der Waals surface area contributed by atoms with E-state index >= 15 is 0 Å². The first-order chi connectivity index (χ1) is 10.3. The predicted octanol–water partition coefficient (Wildman–Crippen LogP) is 3.02. The third-order valence-electron chi connectivity index (χ3n) is 4.06. The molecule has 1 fully saturated rings. The normalized spacial score (nSPS) is 16.0. The molecule has 0 saturated carbocycles. The Kier molecular flexibility index (Phi) is 3.95. The average Bonchev–Trinajstić information content (AvgIpc) is 2.56. The largest absolute Gasteiger partial charge is 0.339 e. The molecular formula is C17H19N3O. The number of rotatable bonds is 2. The molecule has 0 N–H and O–H groups in total. The first kappa shape index (κ1) is 13.7. The molecule has 0 spiro atoms. The summed E-state index contributed by atoms with van der Waals surface area (Å²) in [7, 11) is 0. The van der Waals surface area contributed by atoms with Crippen molar-refractivity contribution in [2.45, 2.75) is 19.8 Å². The number of amides is 1. The number of likely N-dealkylation sites (tertiary alicyclic amines) is 1. The smallest absolute Gasteiger partial charge is 0.257 e. The second-order valence-corrected chi connectivity index (χ2v) is 5.63. The van der Waals surface area contributed by atoms with Crippen LogP contribution in [0.2, 0.25) is 0 Å². The molecule has 2 aromatic rings. The maximum Gasteiger partial charge on any atom is 0.257 e. The van der Waals surface area contributed by atoms with E-state index in [4.69, 9.17) is 0 Å². The van der Waals surface area contributed by atoms with E-state index in [2.05, 4.69) is 16.9 Å². The number of hydrogen-bond donors (Lipinski definition) is 0. The molecular weight excluding hydrogens is 262 g/mol. The van der Waals surface area contributed by atoms with Gasteiger partial charge in [-0.05, 0) is 18.8 Å². The highest BCUT2D eigenvalue weighted by Gasteiger charge is 2.24. The highest BCUT2D eigenvalue weighted by Crippen LogP contribution is 2.23. The minimum Gasteiger partial charge on any atom is -0.339 e. The molecule has 3 rings (SSSR count). The monoisotopic (exact) mass is 281 g/mol. The molecule has 0 bridgehead atoms. The maximum atomic E-state index is 12.7. The molecule has 1 aromatic heterocycles. The summed E-state index contributed by atoms with van der Waals surface area (Å²) in [5, 5.41) is 0. The van der Waals surface area contributed by atoms with Crippen molar-refractivity contribution in [2.75, 3.05) is 13.1 Å². The summed E-state index contributed by atoms with van der Waals surface area (Å²) < 4.78 is 0. The van der Waals surface area contributed by atoms with Gasteiger partial charge in [0.2, 0.25) is 0 Å². The lowest BCUT2D eigenvalue weighted by atomic mass is 9.98. The molecule has 1 saturated heterocycles. The molecule has 4 heteroatoms. The highest BCUT2D eigenvalue weighted by atomic mass is 16.2. The molecule has 1 aromatic carbocycles. The summed E-state index contributed by atoms with van der Waals surface area (Å²) in [5.41, 5.74) is 2.26. The molecule has 1 amide bonds. The van der Waals surface area contributed by atoms with Crippen LogP contribution in [0.25, 0.3) is 11.3 Å². The maximum absolute atomic E-state index is 12.7. The Labute approximate surface area is 124 Å². The van der Waals surface area contributed by atoms with E-state index in [1.807, 2.05) is 35.2 Å². The van der Waals surface area contributed by atoms with Gasteiger partial charge < -0.3 is 4.90 Å². The summed E-state index contributed by atoms with van der Waals surface area (Å²) >= 11 is 0. The summed E-state index contributed by atoms with van der Waals surface area (Å²) in [6, 6.07) is 9.80. The van der Waals surface area contributed by atoms with Crippen LogP contribution in [0, 0.1) is 5.92 Å². The van der Waals surface area contributed by atoms with Crippen molar-refractivity contribution in [3.05, 3.63) is 48.4 Å². The lowest BCUT2D eigenvalue weighted by Gasteiger charge is -2.30. The van der Waals surface area contributed by atoms with Gasteiger partial charge in [-0.15, -0.1) is 0 Å². The van der Waals surface area contributed by atoms with Gasteiger partial charge in [0, 0.05) is 24.8 Å². The third-order valence-corrected chi connectivity index (χ3v) is 4.06. The van der Waals surface area contributed by atoms with Crippen LogP contribution in [-0.4, -0.2) is 33.9 Å². The van der Waals surface area contributed by atoms with Gasteiger partial charge in [-0.2, -0.15) is 0 Å². The van der Waals surface area contributed by atoms with E-state index in [0.29, 0.717) is 17.2 Å². The fourth-order valence-corrected chi connectivity index (χ4v) is 2.69. The van der Waals surface area contributed by atoms with Crippen LogP contribution >= 0.6 is 0 Å².